The molecule has 1 aliphatic rings. The molecular weight excluding hydrogens is 288 g/mol. The molecule has 0 radical (unpaired) electrons. The second-order valence-electron chi connectivity index (χ2n) is 6.96. The van der Waals surface area contributed by atoms with Crippen LogP contribution in [0.2, 0.25) is 0 Å². The first-order valence-corrected chi connectivity index (χ1v) is 9.36. The lowest BCUT2D eigenvalue weighted by Gasteiger charge is -2.38. The average Bonchev–Trinajstić information content (AvgIpc) is 2.55. The fraction of sp³-hybridized carbons (Fsp3) is 0.650. The summed E-state index contributed by atoms with van der Waals surface area (Å²) in [5.74, 6) is 1.15. The predicted octanol–water partition coefficient (Wildman–Crippen LogP) is 5.86. The molecule has 0 amide bonds. The zero-order valence-electron chi connectivity index (χ0n) is 14.1. The maximum atomic E-state index is 13.2. The zero-order valence-corrected chi connectivity index (χ0v) is 15.0. The second kappa shape index (κ2) is 8.19. The Bertz CT molecular complexity index is 484. The molecular formula is C20H30OS. The molecule has 0 unspecified atom stereocenters. The van der Waals surface area contributed by atoms with E-state index in [0.29, 0.717) is 18.1 Å². The lowest BCUT2D eigenvalue weighted by molar-refractivity contribution is -0.131. The lowest BCUT2D eigenvalue weighted by atomic mass is 9.65. The van der Waals surface area contributed by atoms with Crippen LogP contribution in [0, 0.1) is 11.3 Å². The zero-order chi connectivity index (χ0) is 16.0. The minimum atomic E-state index is -0.0645. The van der Waals surface area contributed by atoms with Gasteiger partial charge in [0.15, 0.2) is 0 Å². The highest BCUT2D eigenvalue weighted by atomic mass is 32.1. The van der Waals surface area contributed by atoms with E-state index < -0.39 is 0 Å². The molecule has 0 aromatic heterocycles. The first kappa shape index (κ1) is 17.6. The molecule has 0 N–H and O–H groups in total. The maximum Gasteiger partial charge on any atom is 0.143 e. The smallest absolute Gasteiger partial charge is 0.143 e. The summed E-state index contributed by atoms with van der Waals surface area (Å²) in [5.41, 5.74) is 1.02. The fourth-order valence-electron chi connectivity index (χ4n) is 3.98. The van der Waals surface area contributed by atoms with E-state index in [-0.39, 0.29) is 5.41 Å². The fourth-order valence-corrected chi connectivity index (χ4v) is 4.22. The number of rotatable bonds is 7. The molecule has 1 nitrogen and oxygen atoms in total. The molecule has 1 aromatic carbocycles. The number of carbonyl (C=O) groups is 1. The molecule has 0 spiro atoms. The summed E-state index contributed by atoms with van der Waals surface area (Å²) in [7, 11) is 0. The molecule has 0 atom stereocenters. The molecule has 122 valence electrons. The number of benzene rings is 1. The molecule has 1 aromatic rings. The summed E-state index contributed by atoms with van der Waals surface area (Å²) in [5, 5.41) is 0. The standard InChI is InChI=1S/C20H30OS/c1-3-16(4-2)15-20(12-8-5-9-13-20)19(21)14-17-10-6-7-11-18(17)22/h6-7,10-11,16,22H,3-5,8-9,12-15H2,1-2H3. The summed E-state index contributed by atoms with van der Waals surface area (Å²) >= 11 is 4.52. The molecule has 1 aliphatic carbocycles. The minimum absolute atomic E-state index is 0.0645. The van der Waals surface area contributed by atoms with Crippen molar-refractivity contribution in [3.05, 3.63) is 29.8 Å². The van der Waals surface area contributed by atoms with Crippen LogP contribution in [0.25, 0.3) is 0 Å². The maximum absolute atomic E-state index is 13.2. The van der Waals surface area contributed by atoms with E-state index in [1.54, 1.807) is 0 Å². The van der Waals surface area contributed by atoms with Crippen LogP contribution in [0.15, 0.2) is 29.2 Å². The Morgan fingerprint density at radius 2 is 1.77 bits per heavy atom. The summed E-state index contributed by atoms with van der Waals surface area (Å²) in [6, 6.07) is 8.03. The topological polar surface area (TPSA) is 17.1 Å². The van der Waals surface area contributed by atoms with Gasteiger partial charge in [-0.15, -0.1) is 12.6 Å². The van der Waals surface area contributed by atoms with Crippen molar-refractivity contribution in [2.24, 2.45) is 11.3 Å². The van der Waals surface area contributed by atoms with Crippen LogP contribution in [0.4, 0.5) is 0 Å². The third-order valence-electron chi connectivity index (χ3n) is 5.58. The van der Waals surface area contributed by atoms with E-state index in [0.717, 1.165) is 29.7 Å². The first-order chi connectivity index (χ1) is 10.6. The quantitative estimate of drug-likeness (QED) is 0.623. The van der Waals surface area contributed by atoms with E-state index in [2.05, 4.69) is 26.5 Å². The van der Waals surface area contributed by atoms with Crippen molar-refractivity contribution in [2.45, 2.75) is 76.5 Å². The molecule has 0 saturated heterocycles. The van der Waals surface area contributed by atoms with Gasteiger partial charge in [0.25, 0.3) is 0 Å². The van der Waals surface area contributed by atoms with Crippen LogP contribution in [0.1, 0.15) is 70.8 Å². The van der Waals surface area contributed by atoms with E-state index in [9.17, 15) is 4.79 Å². The number of ketones is 1. The van der Waals surface area contributed by atoms with Gasteiger partial charge in [-0.3, -0.25) is 4.79 Å². The SMILES string of the molecule is CCC(CC)CC1(C(=O)Cc2ccccc2S)CCCCC1. The van der Waals surface area contributed by atoms with Gasteiger partial charge in [0, 0.05) is 16.7 Å². The highest BCUT2D eigenvalue weighted by Gasteiger charge is 2.40. The third-order valence-corrected chi connectivity index (χ3v) is 6.02. The number of thiol groups is 1. The van der Waals surface area contributed by atoms with Gasteiger partial charge < -0.3 is 0 Å². The molecule has 22 heavy (non-hydrogen) atoms. The summed E-state index contributed by atoms with van der Waals surface area (Å²) < 4.78 is 0. The number of Topliss-reactive ketones (excluding diaryl/α,β-unsaturated/α-hetero) is 1. The normalized spacial score (nSPS) is 17.6. The highest BCUT2D eigenvalue weighted by molar-refractivity contribution is 7.80. The Morgan fingerprint density at radius 3 is 2.36 bits per heavy atom. The van der Waals surface area contributed by atoms with E-state index >= 15 is 0 Å². The minimum Gasteiger partial charge on any atom is -0.299 e. The predicted molar refractivity (Wildman–Crippen MR) is 96.6 cm³/mol. The molecule has 1 saturated carbocycles. The van der Waals surface area contributed by atoms with Crippen LogP contribution in [-0.4, -0.2) is 5.78 Å². The van der Waals surface area contributed by atoms with Gasteiger partial charge in [-0.05, 0) is 36.8 Å². The van der Waals surface area contributed by atoms with Crippen molar-refractivity contribution < 1.29 is 4.79 Å². The van der Waals surface area contributed by atoms with Crippen molar-refractivity contribution in [3.63, 3.8) is 0 Å². The van der Waals surface area contributed by atoms with E-state index in [4.69, 9.17) is 0 Å². The van der Waals surface area contributed by atoms with Gasteiger partial charge in [0.1, 0.15) is 5.78 Å². The molecule has 2 rings (SSSR count). The van der Waals surface area contributed by atoms with Crippen molar-refractivity contribution in [1.82, 2.24) is 0 Å². The van der Waals surface area contributed by atoms with Crippen LogP contribution in [0.3, 0.4) is 0 Å². The Morgan fingerprint density at radius 1 is 1.14 bits per heavy atom. The van der Waals surface area contributed by atoms with Gasteiger partial charge in [0.2, 0.25) is 0 Å². The van der Waals surface area contributed by atoms with Crippen molar-refractivity contribution >= 4 is 18.4 Å². The van der Waals surface area contributed by atoms with Crippen LogP contribution >= 0.6 is 12.6 Å². The Kier molecular flexibility index (Phi) is 6.55. The summed E-state index contributed by atoms with van der Waals surface area (Å²) in [6.45, 7) is 4.52. The van der Waals surface area contributed by atoms with Gasteiger partial charge in [-0.1, -0.05) is 64.2 Å². The van der Waals surface area contributed by atoms with Gasteiger partial charge in [-0.2, -0.15) is 0 Å². The molecule has 0 heterocycles. The molecule has 1 fully saturated rings. The van der Waals surface area contributed by atoms with E-state index in [1.807, 2.05) is 24.3 Å². The van der Waals surface area contributed by atoms with Crippen LogP contribution < -0.4 is 0 Å². The Labute approximate surface area is 141 Å². The van der Waals surface area contributed by atoms with E-state index in [1.165, 1.54) is 32.1 Å². The van der Waals surface area contributed by atoms with Crippen molar-refractivity contribution in [2.75, 3.05) is 0 Å². The van der Waals surface area contributed by atoms with Crippen LogP contribution in [0.5, 0.6) is 0 Å². The molecule has 0 bridgehead atoms. The van der Waals surface area contributed by atoms with Crippen LogP contribution in [-0.2, 0) is 11.2 Å². The molecule has 0 aliphatic heterocycles. The molecule has 2 heteroatoms. The summed E-state index contributed by atoms with van der Waals surface area (Å²) in [6.07, 6.45) is 9.94. The summed E-state index contributed by atoms with van der Waals surface area (Å²) in [4.78, 5) is 14.1. The lowest BCUT2D eigenvalue weighted by Crippen LogP contribution is -2.36. The Hall–Kier alpha value is -0.760. The number of carbonyl (C=O) groups excluding carboxylic acids is 1. The van der Waals surface area contributed by atoms with Gasteiger partial charge >= 0.3 is 0 Å². The van der Waals surface area contributed by atoms with Crippen molar-refractivity contribution in [1.29, 1.82) is 0 Å². The second-order valence-corrected chi connectivity index (χ2v) is 7.44. The number of hydrogen-bond acceptors (Lipinski definition) is 2. The average molecular weight is 319 g/mol. The Balaban J connectivity index is 2.17. The monoisotopic (exact) mass is 318 g/mol. The van der Waals surface area contributed by atoms with Gasteiger partial charge in [0.05, 0.1) is 0 Å². The first-order valence-electron chi connectivity index (χ1n) is 8.91. The van der Waals surface area contributed by atoms with Crippen molar-refractivity contribution in [3.8, 4) is 0 Å². The largest absolute Gasteiger partial charge is 0.299 e. The number of hydrogen-bond donors (Lipinski definition) is 1. The highest BCUT2D eigenvalue weighted by Crippen LogP contribution is 2.44. The third kappa shape index (κ3) is 4.16. The van der Waals surface area contributed by atoms with Gasteiger partial charge in [-0.25, -0.2) is 0 Å².